The van der Waals surface area contributed by atoms with Crippen molar-refractivity contribution in [1.82, 2.24) is 29.7 Å². The van der Waals surface area contributed by atoms with Gasteiger partial charge in [0.1, 0.15) is 0 Å². The molecule has 55 heavy (non-hydrogen) atoms. The van der Waals surface area contributed by atoms with Crippen LogP contribution in [0.2, 0.25) is 0 Å². The van der Waals surface area contributed by atoms with Gasteiger partial charge in [-0.1, -0.05) is 25.6 Å². The third-order valence-electron chi connectivity index (χ3n) is 10.2. The summed E-state index contributed by atoms with van der Waals surface area (Å²) in [4.78, 5) is 46.5. The SMILES string of the molecule is C.CCn1c(=O)oc2c(N3CCN(C)CC3)cccc21.CCn1c(=O)oc2c(N3CCNCC3)cccc21.O=c1[nH]c2cccc(N3CCNCC3)c2o1.[I-]. The summed E-state index contributed by atoms with van der Waals surface area (Å²) in [5.74, 6) is -0.924. The van der Waals surface area contributed by atoms with E-state index in [4.69, 9.17) is 13.3 Å². The number of nitrogens with zero attached hydrogens (tertiary/aromatic N) is 6. The van der Waals surface area contributed by atoms with Crippen LogP contribution in [0.25, 0.3) is 33.3 Å². The van der Waals surface area contributed by atoms with Crippen molar-refractivity contribution >= 4 is 50.4 Å². The number of aromatic amines is 1. The molecule has 0 saturated carbocycles. The zero-order chi connectivity index (χ0) is 36.9. The Bertz CT molecular complexity index is 2320. The van der Waals surface area contributed by atoms with Crippen molar-refractivity contribution in [1.29, 1.82) is 0 Å². The van der Waals surface area contributed by atoms with E-state index in [2.05, 4.69) is 42.3 Å². The molecule has 298 valence electrons. The van der Waals surface area contributed by atoms with Crippen molar-refractivity contribution in [2.75, 3.05) is 100 Å². The first-order valence-corrected chi connectivity index (χ1v) is 18.6. The molecule has 9 rings (SSSR count). The molecule has 0 unspecified atom stereocenters. The van der Waals surface area contributed by atoms with E-state index in [1.54, 1.807) is 9.13 Å². The van der Waals surface area contributed by atoms with Crippen molar-refractivity contribution < 1.29 is 37.2 Å². The van der Waals surface area contributed by atoms with Crippen LogP contribution in [-0.4, -0.2) is 105 Å². The van der Waals surface area contributed by atoms with Crippen molar-refractivity contribution in [3.63, 3.8) is 0 Å². The molecule has 3 fully saturated rings. The maximum atomic E-state index is 11.8. The number of nitrogens with one attached hydrogen (secondary N) is 3. The van der Waals surface area contributed by atoms with E-state index < -0.39 is 5.76 Å². The quantitative estimate of drug-likeness (QED) is 0.208. The van der Waals surface area contributed by atoms with Crippen LogP contribution in [0.4, 0.5) is 17.1 Å². The Morgan fingerprint density at radius 2 is 0.982 bits per heavy atom. The van der Waals surface area contributed by atoms with Gasteiger partial charge in [-0.2, -0.15) is 0 Å². The number of anilines is 3. The second-order valence-corrected chi connectivity index (χ2v) is 13.4. The predicted molar refractivity (Wildman–Crippen MR) is 216 cm³/mol. The lowest BCUT2D eigenvalue weighted by Crippen LogP contribution is -3.00. The second-order valence-electron chi connectivity index (χ2n) is 13.4. The molecule has 0 bridgehead atoms. The van der Waals surface area contributed by atoms with Crippen LogP contribution >= 0.6 is 0 Å². The molecule has 6 heterocycles. The maximum absolute atomic E-state index is 11.8. The highest BCUT2D eigenvalue weighted by Crippen LogP contribution is 2.28. The summed E-state index contributed by atoms with van der Waals surface area (Å²) < 4.78 is 19.4. The minimum atomic E-state index is -0.391. The van der Waals surface area contributed by atoms with Gasteiger partial charge in [0.2, 0.25) is 0 Å². The highest BCUT2D eigenvalue weighted by molar-refractivity contribution is 5.88. The van der Waals surface area contributed by atoms with Gasteiger partial charge < -0.3 is 67.5 Å². The standard InChI is InChI=1S/C14H19N3O2.C13H17N3O2.C11H13N3O2.CH4.HI/c1-3-17-12-6-4-5-11(13(12)19-14(17)18)16-9-7-15(2)8-10-16;1-2-16-11-5-3-4-10(12(11)18-13(16)17)15-8-6-14-7-9-15;15-11-13-8-2-1-3-9(10(8)16-11)14-6-4-12-5-7-14;;/h4-6H,3,7-10H2,1-2H3;3-5,14H,2,6-9H2,1H3;1-3,12H,4-7H2,(H,13,15);1H4;1H/p-1. The van der Waals surface area contributed by atoms with Crippen molar-refractivity contribution in [2.45, 2.75) is 34.4 Å². The monoisotopic (exact) mass is 870 g/mol. The van der Waals surface area contributed by atoms with Crippen LogP contribution in [0.1, 0.15) is 21.3 Å². The molecule has 0 amide bonds. The highest BCUT2D eigenvalue weighted by atomic mass is 127. The van der Waals surface area contributed by atoms with Crippen LogP contribution in [0.15, 0.2) is 82.2 Å². The molecule has 3 aromatic heterocycles. The van der Waals surface area contributed by atoms with Crippen molar-refractivity contribution in [2.24, 2.45) is 0 Å². The molecular formula is C39H53IN9O6-. The Kier molecular flexibility index (Phi) is 14.3. The highest BCUT2D eigenvalue weighted by Gasteiger charge is 2.21. The van der Waals surface area contributed by atoms with Crippen molar-refractivity contribution in [3.8, 4) is 0 Å². The molecule has 16 heteroatoms. The zero-order valence-corrected chi connectivity index (χ0v) is 33.3. The summed E-state index contributed by atoms with van der Waals surface area (Å²) in [7, 11) is 2.13. The van der Waals surface area contributed by atoms with E-state index in [9.17, 15) is 14.4 Å². The molecule has 3 saturated heterocycles. The summed E-state index contributed by atoms with van der Waals surface area (Å²) in [6.07, 6.45) is 0. The zero-order valence-electron chi connectivity index (χ0n) is 31.1. The Labute approximate surface area is 336 Å². The molecule has 6 aromatic rings. The minimum absolute atomic E-state index is 0. The Morgan fingerprint density at radius 3 is 1.44 bits per heavy atom. The maximum Gasteiger partial charge on any atom is 0.420 e. The Hall–Kier alpha value is -4.52. The van der Waals surface area contributed by atoms with Gasteiger partial charge in [-0.05, 0) is 57.3 Å². The van der Waals surface area contributed by atoms with Crippen LogP contribution in [0.3, 0.4) is 0 Å². The lowest BCUT2D eigenvalue weighted by Gasteiger charge is -2.33. The predicted octanol–water partition coefficient (Wildman–Crippen LogP) is 0.561. The number of aryl methyl sites for hydroxylation is 2. The minimum Gasteiger partial charge on any atom is -1.00 e. The molecule has 3 N–H and O–H groups in total. The third kappa shape index (κ3) is 8.98. The summed E-state index contributed by atoms with van der Waals surface area (Å²) >= 11 is 0. The number of aromatic nitrogens is 3. The van der Waals surface area contributed by atoms with Gasteiger partial charge >= 0.3 is 17.3 Å². The molecule has 3 aliphatic heterocycles. The van der Waals surface area contributed by atoms with Gasteiger partial charge in [0.15, 0.2) is 16.7 Å². The van der Waals surface area contributed by atoms with Crippen LogP contribution in [0, 0.1) is 0 Å². The number of oxazole rings is 3. The van der Waals surface area contributed by atoms with Crippen molar-refractivity contribution in [3.05, 3.63) is 86.2 Å². The number of fused-ring (bicyclic) bond motifs is 3. The molecule has 3 aromatic carbocycles. The van der Waals surface area contributed by atoms with Crippen LogP contribution in [-0.2, 0) is 13.1 Å². The molecule has 3 aliphatic rings. The fourth-order valence-corrected chi connectivity index (χ4v) is 7.31. The summed E-state index contributed by atoms with van der Waals surface area (Å²) in [6.45, 7) is 16.8. The number of H-pyrrole nitrogens is 1. The molecular weight excluding hydrogens is 817 g/mol. The Morgan fingerprint density at radius 1 is 0.564 bits per heavy atom. The number of hydrogen-bond acceptors (Lipinski definition) is 12. The topological polar surface area (TPSA) is 153 Å². The van der Waals surface area contributed by atoms with Gasteiger partial charge in [-0.3, -0.25) is 14.1 Å². The van der Waals surface area contributed by atoms with Crippen LogP contribution in [0.5, 0.6) is 0 Å². The van der Waals surface area contributed by atoms with E-state index in [-0.39, 0.29) is 42.9 Å². The average Bonchev–Trinajstić information content (AvgIpc) is 3.85. The first-order chi connectivity index (χ1) is 25.9. The van der Waals surface area contributed by atoms with E-state index in [1.165, 1.54) is 0 Å². The Balaban J connectivity index is 0.000000156. The fraction of sp³-hybridized carbons (Fsp3) is 0.462. The number of rotatable bonds is 5. The smallest absolute Gasteiger partial charge is 0.420 e. The fourth-order valence-electron chi connectivity index (χ4n) is 7.31. The molecule has 0 spiro atoms. The van der Waals surface area contributed by atoms with E-state index >= 15 is 0 Å². The summed E-state index contributed by atoms with van der Waals surface area (Å²) in [5.41, 5.74) is 7.70. The number of benzene rings is 3. The third-order valence-corrected chi connectivity index (χ3v) is 10.2. The van der Waals surface area contributed by atoms with Gasteiger partial charge in [0, 0.05) is 91.6 Å². The summed E-state index contributed by atoms with van der Waals surface area (Å²) in [6, 6.07) is 17.7. The number of halogens is 1. The first-order valence-electron chi connectivity index (χ1n) is 18.6. The normalized spacial score (nSPS) is 16.2. The van der Waals surface area contributed by atoms with Gasteiger partial charge in [-0.25, -0.2) is 14.4 Å². The number of para-hydroxylation sites is 3. The molecule has 0 atom stereocenters. The lowest BCUT2D eigenvalue weighted by molar-refractivity contribution is -0.0000130. The van der Waals surface area contributed by atoms with E-state index in [0.717, 1.165) is 118 Å². The molecule has 15 nitrogen and oxygen atoms in total. The number of hydrogen-bond donors (Lipinski definition) is 3. The molecule has 0 radical (unpaired) electrons. The van der Waals surface area contributed by atoms with Gasteiger partial charge in [0.05, 0.1) is 33.6 Å². The first kappa shape index (κ1) is 41.6. The average molecular weight is 871 g/mol. The number of likely N-dealkylation sites (N-methyl/N-ethyl adjacent to an activating group) is 1. The van der Waals surface area contributed by atoms with Crippen LogP contribution < -0.4 is 66.6 Å². The van der Waals surface area contributed by atoms with Gasteiger partial charge in [-0.15, -0.1) is 0 Å². The summed E-state index contributed by atoms with van der Waals surface area (Å²) in [5, 5.41) is 6.62. The lowest BCUT2D eigenvalue weighted by atomic mass is 10.2. The largest absolute Gasteiger partial charge is 1.00 e. The van der Waals surface area contributed by atoms with E-state index in [1.807, 2.05) is 68.4 Å². The molecule has 0 aliphatic carbocycles. The van der Waals surface area contributed by atoms with Gasteiger partial charge in [0.25, 0.3) is 0 Å². The number of piperazine rings is 3. The van der Waals surface area contributed by atoms with E-state index in [0.29, 0.717) is 24.3 Å². The second kappa shape index (κ2) is 18.9.